The van der Waals surface area contributed by atoms with Gasteiger partial charge in [0.25, 0.3) is 5.69 Å². The van der Waals surface area contributed by atoms with Crippen LogP contribution in [0.15, 0.2) is 36.5 Å². The molecule has 0 bridgehead atoms. The molecule has 1 heterocycles. The molecule has 0 aliphatic heterocycles. The number of nitrogens with two attached hydrogens (primary N) is 1. The fourth-order valence-electron chi connectivity index (χ4n) is 1.49. The van der Waals surface area contributed by atoms with Crippen molar-refractivity contribution in [2.45, 2.75) is 0 Å². The van der Waals surface area contributed by atoms with E-state index >= 15 is 0 Å². The molecule has 0 radical (unpaired) electrons. The molecule has 1 aromatic heterocycles. The summed E-state index contributed by atoms with van der Waals surface area (Å²) >= 11 is 0. The second-order valence-corrected chi connectivity index (χ2v) is 3.71. The third-order valence-electron chi connectivity index (χ3n) is 2.35. The van der Waals surface area contributed by atoms with Crippen LogP contribution in [0.4, 0.5) is 22.9 Å². The Morgan fingerprint density at radius 2 is 2.21 bits per heavy atom. The van der Waals surface area contributed by atoms with Crippen molar-refractivity contribution in [3.05, 3.63) is 52.2 Å². The standard InChI is InChI=1S/C12H9N5O2/c13-6-8-4-11(17(18)19)7-15-12(8)16-10-3-1-2-9(14)5-10/h1-5,7H,14H2,(H,15,16). The van der Waals surface area contributed by atoms with Crippen LogP contribution in [0.2, 0.25) is 0 Å². The number of anilines is 3. The first-order valence-electron chi connectivity index (χ1n) is 5.27. The zero-order chi connectivity index (χ0) is 13.8. The minimum absolute atomic E-state index is 0.0941. The van der Waals surface area contributed by atoms with Crippen molar-refractivity contribution in [1.29, 1.82) is 5.26 Å². The van der Waals surface area contributed by atoms with Gasteiger partial charge in [0.2, 0.25) is 0 Å². The number of rotatable bonds is 3. The molecule has 0 fully saturated rings. The fraction of sp³-hybridized carbons (Fsp3) is 0. The van der Waals surface area contributed by atoms with Crippen molar-refractivity contribution < 1.29 is 4.92 Å². The molecular weight excluding hydrogens is 246 g/mol. The Morgan fingerprint density at radius 1 is 1.42 bits per heavy atom. The van der Waals surface area contributed by atoms with E-state index in [0.717, 1.165) is 6.20 Å². The minimum Gasteiger partial charge on any atom is -0.399 e. The number of nitrogens with zero attached hydrogens (tertiary/aromatic N) is 3. The molecule has 7 nitrogen and oxygen atoms in total. The fourth-order valence-corrected chi connectivity index (χ4v) is 1.49. The average Bonchev–Trinajstić information content (AvgIpc) is 2.39. The lowest BCUT2D eigenvalue weighted by molar-refractivity contribution is -0.385. The van der Waals surface area contributed by atoms with Crippen LogP contribution in [0, 0.1) is 21.4 Å². The molecule has 0 saturated heterocycles. The molecule has 2 rings (SSSR count). The number of pyridine rings is 1. The summed E-state index contributed by atoms with van der Waals surface area (Å²) in [4.78, 5) is 13.9. The van der Waals surface area contributed by atoms with E-state index in [2.05, 4.69) is 10.3 Å². The molecule has 94 valence electrons. The second kappa shape index (κ2) is 5.01. The predicted molar refractivity (Wildman–Crippen MR) is 69.7 cm³/mol. The van der Waals surface area contributed by atoms with Gasteiger partial charge in [0.1, 0.15) is 23.6 Å². The molecule has 3 N–H and O–H groups in total. The summed E-state index contributed by atoms with van der Waals surface area (Å²) in [6.45, 7) is 0. The van der Waals surface area contributed by atoms with Gasteiger partial charge in [-0.05, 0) is 18.2 Å². The van der Waals surface area contributed by atoms with E-state index in [0.29, 0.717) is 11.4 Å². The van der Waals surface area contributed by atoms with Gasteiger partial charge in [-0.2, -0.15) is 5.26 Å². The van der Waals surface area contributed by atoms with E-state index in [1.165, 1.54) is 6.07 Å². The first kappa shape index (κ1) is 12.3. The van der Waals surface area contributed by atoms with Crippen molar-refractivity contribution in [3.63, 3.8) is 0 Å². The molecule has 0 amide bonds. The number of hydrogen-bond acceptors (Lipinski definition) is 6. The Hall–Kier alpha value is -3.14. The van der Waals surface area contributed by atoms with Crippen LogP contribution in [0.5, 0.6) is 0 Å². The monoisotopic (exact) mass is 255 g/mol. The maximum absolute atomic E-state index is 10.6. The molecule has 0 spiro atoms. The van der Waals surface area contributed by atoms with Crippen molar-refractivity contribution >= 4 is 22.9 Å². The number of nitro groups is 1. The van der Waals surface area contributed by atoms with Crippen LogP contribution in [0.25, 0.3) is 0 Å². The third kappa shape index (κ3) is 2.76. The van der Waals surface area contributed by atoms with E-state index in [9.17, 15) is 10.1 Å². The second-order valence-electron chi connectivity index (χ2n) is 3.71. The summed E-state index contributed by atoms with van der Waals surface area (Å²) in [6, 6.07) is 9.92. The highest BCUT2D eigenvalue weighted by atomic mass is 16.6. The zero-order valence-electron chi connectivity index (χ0n) is 9.70. The van der Waals surface area contributed by atoms with Crippen molar-refractivity contribution in [1.82, 2.24) is 4.98 Å². The number of nitriles is 1. The maximum atomic E-state index is 10.6. The predicted octanol–water partition coefficient (Wildman–Crippen LogP) is 2.19. The van der Waals surface area contributed by atoms with Crippen molar-refractivity contribution in [3.8, 4) is 6.07 Å². The summed E-state index contributed by atoms with van der Waals surface area (Å²) in [5.74, 6) is 0.249. The van der Waals surface area contributed by atoms with Crippen molar-refractivity contribution in [2.75, 3.05) is 11.1 Å². The SMILES string of the molecule is N#Cc1cc([N+](=O)[O-])cnc1Nc1cccc(N)c1. The normalized spacial score (nSPS) is 9.63. The van der Waals surface area contributed by atoms with Gasteiger partial charge in [0.05, 0.1) is 4.92 Å². The van der Waals surface area contributed by atoms with Gasteiger partial charge in [-0.15, -0.1) is 0 Å². The minimum atomic E-state index is -0.599. The van der Waals surface area contributed by atoms with Crippen LogP contribution in [-0.2, 0) is 0 Å². The largest absolute Gasteiger partial charge is 0.399 e. The Bertz CT molecular complexity index is 678. The van der Waals surface area contributed by atoms with Crippen LogP contribution < -0.4 is 11.1 Å². The van der Waals surface area contributed by atoms with Gasteiger partial charge in [-0.1, -0.05) is 6.07 Å². The van der Waals surface area contributed by atoms with E-state index in [1.54, 1.807) is 24.3 Å². The first-order chi connectivity index (χ1) is 9.10. The quantitative estimate of drug-likeness (QED) is 0.493. The highest BCUT2D eigenvalue weighted by molar-refractivity contribution is 5.66. The average molecular weight is 255 g/mol. The lowest BCUT2D eigenvalue weighted by Gasteiger charge is -2.07. The summed E-state index contributed by atoms with van der Waals surface area (Å²) in [6.07, 6.45) is 1.09. The number of nitrogens with one attached hydrogen (secondary N) is 1. The van der Waals surface area contributed by atoms with Crippen molar-refractivity contribution in [2.24, 2.45) is 0 Å². The lowest BCUT2D eigenvalue weighted by atomic mass is 10.2. The van der Waals surface area contributed by atoms with E-state index in [-0.39, 0.29) is 17.1 Å². The molecular formula is C12H9N5O2. The van der Waals surface area contributed by atoms with E-state index in [4.69, 9.17) is 11.0 Å². The molecule has 7 heteroatoms. The summed E-state index contributed by atoms with van der Waals surface area (Å²) in [7, 11) is 0. The van der Waals surface area contributed by atoms with Gasteiger partial charge in [0, 0.05) is 17.4 Å². The molecule has 1 aromatic carbocycles. The Kier molecular flexibility index (Phi) is 3.25. The number of hydrogen-bond donors (Lipinski definition) is 2. The highest BCUT2D eigenvalue weighted by Gasteiger charge is 2.12. The Morgan fingerprint density at radius 3 is 2.84 bits per heavy atom. The topological polar surface area (TPSA) is 118 Å². The molecule has 0 aliphatic carbocycles. The number of aromatic nitrogens is 1. The van der Waals surface area contributed by atoms with Crippen LogP contribution in [0.1, 0.15) is 5.56 Å². The van der Waals surface area contributed by atoms with Gasteiger partial charge in [0.15, 0.2) is 0 Å². The molecule has 0 unspecified atom stereocenters. The number of benzene rings is 1. The maximum Gasteiger partial charge on any atom is 0.289 e. The van der Waals surface area contributed by atoms with Gasteiger partial charge in [-0.3, -0.25) is 10.1 Å². The Balaban J connectivity index is 2.36. The van der Waals surface area contributed by atoms with E-state index < -0.39 is 4.92 Å². The molecule has 0 aliphatic rings. The van der Waals surface area contributed by atoms with E-state index in [1.807, 2.05) is 6.07 Å². The summed E-state index contributed by atoms with van der Waals surface area (Å²) in [5, 5.41) is 22.5. The molecule has 2 aromatic rings. The Labute approximate surface area is 108 Å². The zero-order valence-corrected chi connectivity index (χ0v) is 9.70. The molecule has 19 heavy (non-hydrogen) atoms. The lowest BCUT2D eigenvalue weighted by Crippen LogP contribution is -1.99. The summed E-state index contributed by atoms with van der Waals surface area (Å²) in [5.41, 5.74) is 6.71. The van der Waals surface area contributed by atoms with Gasteiger partial charge < -0.3 is 11.1 Å². The summed E-state index contributed by atoms with van der Waals surface area (Å²) < 4.78 is 0. The molecule has 0 atom stereocenters. The number of nitrogen functional groups attached to an aromatic ring is 1. The third-order valence-corrected chi connectivity index (χ3v) is 2.35. The smallest absolute Gasteiger partial charge is 0.289 e. The molecule has 0 saturated carbocycles. The first-order valence-corrected chi connectivity index (χ1v) is 5.27. The van der Waals surface area contributed by atoms with Gasteiger partial charge in [-0.25, -0.2) is 4.98 Å². The van der Waals surface area contributed by atoms with Crippen LogP contribution in [-0.4, -0.2) is 9.91 Å². The van der Waals surface area contributed by atoms with Crippen LogP contribution in [0.3, 0.4) is 0 Å². The van der Waals surface area contributed by atoms with Gasteiger partial charge >= 0.3 is 0 Å². The highest BCUT2D eigenvalue weighted by Crippen LogP contribution is 2.22. The van der Waals surface area contributed by atoms with Crippen LogP contribution >= 0.6 is 0 Å².